The average molecular weight is 307 g/mol. The maximum Gasteiger partial charge on any atom is 0.265 e. The first-order chi connectivity index (χ1) is 10.5. The van der Waals surface area contributed by atoms with Gasteiger partial charge in [0.2, 0.25) is 0 Å². The van der Waals surface area contributed by atoms with Crippen LogP contribution in [0.15, 0.2) is 42.5 Å². The molecule has 2 aromatic carbocycles. The average Bonchev–Trinajstić information content (AvgIpc) is 2.51. The number of carbonyl (C=O) groups excluding carboxylic acids is 1. The lowest BCUT2D eigenvalue weighted by Gasteiger charge is -2.15. The van der Waals surface area contributed by atoms with Gasteiger partial charge in [0.1, 0.15) is 28.8 Å². The molecule has 1 atom stereocenters. The van der Waals surface area contributed by atoms with Crippen LogP contribution in [0.2, 0.25) is 0 Å². The lowest BCUT2D eigenvalue weighted by molar-refractivity contribution is -0.122. The highest BCUT2D eigenvalue weighted by Crippen LogP contribution is 2.20. The highest BCUT2D eigenvalue weighted by molar-refractivity contribution is 5.94. The van der Waals surface area contributed by atoms with Crippen LogP contribution in [-0.4, -0.2) is 19.1 Å². The maximum atomic E-state index is 13.5. The first-order valence-corrected chi connectivity index (χ1v) is 6.57. The van der Waals surface area contributed by atoms with Crippen LogP contribution in [0.5, 0.6) is 11.5 Å². The molecule has 1 amide bonds. The number of hydrogen-bond donors (Lipinski definition) is 1. The zero-order chi connectivity index (χ0) is 16.1. The Morgan fingerprint density at radius 2 is 1.59 bits per heavy atom. The molecule has 2 aromatic rings. The largest absolute Gasteiger partial charge is 0.497 e. The fourth-order valence-electron chi connectivity index (χ4n) is 1.75. The van der Waals surface area contributed by atoms with Gasteiger partial charge in [-0.1, -0.05) is 6.07 Å². The second-order valence-corrected chi connectivity index (χ2v) is 4.52. The summed E-state index contributed by atoms with van der Waals surface area (Å²) in [5, 5.41) is 2.18. The Hall–Kier alpha value is -2.63. The summed E-state index contributed by atoms with van der Waals surface area (Å²) < 4.78 is 37.4. The number of hydrogen-bond acceptors (Lipinski definition) is 3. The van der Waals surface area contributed by atoms with Crippen molar-refractivity contribution < 1.29 is 23.0 Å². The van der Waals surface area contributed by atoms with E-state index in [2.05, 4.69) is 5.32 Å². The number of ether oxygens (including phenoxy) is 2. The zero-order valence-corrected chi connectivity index (χ0v) is 12.1. The van der Waals surface area contributed by atoms with Gasteiger partial charge in [0.05, 0.1) is 7.11 Å². The number of carbonyl (C=O) groups is 1. The van der Waals surface area contributed by atoms with Crippen LogP contribution in [0, 0.1) is 11.6 Å². The van der Waals surface area contributed by atoms with E-state index in [1.165, 1.54) is 20.1 Å². The van der Waals surface area contributed by atoms with Crippen LogP contribution in [0.3, 0.4) is 0 Å². The summed E-state index contributed by atoms with van der Waals surface area (Å²) in [5.41, 5.74) is -0.488. The van der Waals surface area contributed by atoms with Gasteiger partial charge in [-0.3, -0.25) is 4.79 Å². The minimum Gasteiger partial charge on any atom is -0.497 e. The van der Waals surface area contributed by atoms with Crippen LogP contribution in [0.1, 0.15) is 6.92 Å². The Balaban J connectivity index is 2.02. The summed E-state index contributed by atoms with van der Waals surface area (Å²) >= 11 is 0. The Bertz CT molecular complexity index is 639. The van der Waals surface area contributed by atoms with Gasteiger partial charge >= 0.3 is 0 Å². The molecular weight excluding hydrogens is 292 g/mol. The van der Waals surface area contributed by atoms with E-state index in [-0.39, 0.29) is 0 Å². The summed E-state index contributed by atoms with van der Waals surface area (Å²) in [6.07, 6.45) is -0.924. The second-order valence-electron chi connectivity index (χ2n) is 4.52. The van der Waals surface area contributed by atoms with E-state index in [1.54, 1.807) is 24.3 Å². The molecule has 6 heteroatoms. The number of nitrogens with one attached hydrogen (secondary N) is 1. The minimum absolute atomic E-state index is 0.442. The Labute approximate surface area is 126 Å². The first kappa shape index (κ1) is 15.8. The summed E-state index contributed by atoms with van der Waals surface area (Å²) in [7, 11) is 1.54. The molecule has 0 bridgehead atoms. The van der Waals surface area contributed by atoms with Gasteiger partial charge in [-0.25, -0.2) is 8.78 Å². The van der Waals surface area contributed by atoms with E-state index in [0.29, 0.717) is 11.5 Å². The molecule has 0 aromatic heterocycles. The van der Waals surface area contributed by atoms with E-state index >= 15 is 0 Å². The monoisotopic (exact) mass is 307 g/mol. The van der Waals surface area contributed by atoms with Gasteiger partial charge in [0.25, 0.3) is 5.91 Å². The van der Waals surface area contributed by atoms with E-state index in [9.17, 15) is 13.6 Å². The van der Waals surface area contributed by atoms with E-state index in [1.807, 2.05) is 0 Å². The van der Waals surface area contributed by atoms with Crippen LogP contribution >= 0.6 is 0 Å². The molecule has 22 heavy (non-hydrogen) atoms. The van der Waals surface area contributed by atoms with Crippen molar-refractivity contribution in [2.75, 3.05) is 12.4 Å². The fourth-order valence-corrected chi connectivity index (χ4v) is 1.75. The van der Waals surface area contributed by atoms with E-state index in [0.717, 1.165) is 12.1 Å². The number of amides is 1. The van der Waals surface area contributed by atoms with Crippen molar-refractivity contribution in [2.45, 2.75) is 13.0 Å². The number of para-hydroxylation sites is 1. The standard InChI is InChI=1S/C16H15F2NO3/c1-10(22-12-8-6-11(21-2)7-9-12)16(20)19-15-13(17)4-3-5-14(15)18/h3-10H,1-2H3,(H,19,20)/t10-/m0/s1. The zero-order valence-electron chi connectivity index (χ0n) is 12.1. The molecular formula is C16H15F2NO3. The van der Waals surface area contributed by atoms with Gasteiger partial charge in [-0.15, -0.1) is 0 Å². The molecule has 116 valence electrons. The van der Waals surface area contributed by atoms with E-state index < -0.39 is 29.3 Å². The SMILES string of the molecule is COc1ccc(O[C@@H](C)C(=O)Nc2c(F)cccc2F)cc1. The molecule has 1 N–H and O–H groups in total. The molecule has 0 saturated heterocycles. The van der Waals surface area contributed by atoms with Crippen molar-refractivity contribution in [1.82, 2.24) is 0 Å². The maximum absolute atomic E-state index is 13.5. The molecule has 0 aliphatic carbocycles. The fraction of sp³-hybridized carbons (Fsp3) is 0.188. The summed E-state index contributed by atoms with van der Waals surface area (Å²) in [6.45, 7) is 1.48. The summed E-state index contributed by atoms with van der Waals surface area (Å²) in [6, 6.07) is 9.96. The van der Waals surface area contributed by atoms with Crippen LogP contribution in [0.4, 0.5) is 14.5 Å². The highest BCUT2D eigenvalue weighted by Gasteiger charge is 2.18. The van der Waals surface area contributed by atoms with Crippen LogP contribution in [0.25, 0.3) is 0 Å². The third kappa shape index (κ3) is 3.72. The third-order valence-electron chi connectivity index (χ3n) is 2.95. The Kier molecular flexibility index (Phi) is 4.93. The smallest absolute Gasteiger partial charge is 0.265 e. The van der Waals surface area contributed by atoms with Crippen molar-refractivity contribution in [3.05, 3.63) is 54.1 Å². The van der Waals surface area contributed by atoms with Crippen molar-refractivity contribution in [3.63, 3.8) is 0 Å². The topological polar surface area (TPSA) is 47.6 Å². The predicted molar refractivity (Wildman–Crippen MR) is 78.1 cm³/mol. The second kappa shape index (κ2) is 6.89. The quantitative estimate of drug-likeness (QED) is 0.921. The summed E-state index contributed by atoms with van der Waals surface area (Å²) in [5.74, 6) is -1.25. The minimum atomic E-state index is -0.924. The van der Waals surface area contributed by atoms with Crippen molar-refractivity contribution in [3.8, 4) is 11.5 Å². The lowest BCUT2D eigenvalue weighted by Crippen LogP contribution is -2.30. The molecule has 4 nitrogen and oxygen atoms in total. The number of rotatable bonds is 5. The highest BCUT2D eigenvalue weighted by atomic mass is 19.1. The molecule has 0 aliphatic heterocycles. The van der Waals surface area contributed by atoms with Crippen molar-refractivity contribution >= 4 is 11.6 Å². The third-order valence-corrected chi connectivity index (χ3v) is 2.95. The van der Waals surface area contributed by atoms with Crippen LogP contribution in [-0.2, 0) is 4.79 Å². The van der Waals surface area contributed by atoms with Gasteiger partial charge in [-0.2, -0.15) is 0 Å². The molecule has 0 fully saturated rings. The van der Waals surface area contributed by atoms with Crippen molar-refractivity contribution in [1.29, 1.82) is 0 Å². The Morgan fingerprint density at radius 1 is 1.05 bits per heavy atom. The van der Waals surface area contributed by atoms with Gasteiger partial charge in [0.15, 0.2) is 6.10 Å². The molecule has 0 aliphatic rings. The van der Waals surface area contributed by atoms with Gasteiger partial charge < -0.3 is 14.8 Å². The summed E-state index contributed by atoms with van der Waals surface area (Å²) in [4.78, 5) is 12.0. The predicted octanol–water partition coefficient (Wildman–Crippen LogP) is 3.38. The molecule has 0 unspecified atom stereocenters. The Morgan fingerprint density at radius 3 is 2.14 bits per heavy atom. The molecule has 0 heterocycles. The number of halogens is 2. The molecule has 0 spiro atoms. The number of benzene rings is 2. The van der Waals surface area contributed by atoms with Crippen LogP contribution < -0.4 is 14.8 Å². The van der Waals surface area contributed by atoms with Gasteiger partial charge in [-0.05, 0) is 43.3 Å². The normalized spacial score (nSPS) is 11.6. The first-order valence-electron chi connectivity index (χ1n) is 6.57. The van der Waals surface area contributed by atoms with Gasteiger partial charge in [0, 0.05) is 0 Å². The lowest BCUT2D eigenvalue weighted by atomic mass is 10.2. The molecule has 0 saturated carbocycles. The molecule has 2 rings (SSSR count). The number of anilines is 1. The van der Waals surface area contributed by atoms with E-state index in [4.69, 9.17) is 9.47 Å². The van der Waals surface area contributed by atoms with Crippen molar-refractivity contribution in [2.24, 2.45) is 0 Å². The molecule has 0 radical (unpaired) electrons. The number of methoxy groups -OCH3 is 1.